The maximum atomic E-state index is 11.9. The van der Waals surface area contributed by atoms with Crippen molar-refractivity contribution < 1.29 is 9.53 Å². The van der Waals surface area contributed by atoms with E-state index in [1.54, 1.807) is 30.3 Å². The first kappa shape index (κ1) is 12.9. The van der Waals surface area contributed by atoms with E-state index in [1.807, 2.05) is 0 Å². The molecule has 0 saturated carbocycles. The Kier molecular flexibility index (Phi) is 4.18. The average molecular weight is 282 g/mol. The van der Waals surface area contributed by atoms with Gasteiger partial charge in [0, 0.05) is 17.8 Å². The molecule has 1 aromatic heterocycles. The highest BCUT2D eigenvalue weighted by molar-refractivity contribution is 6.34. The van der Waals surface area contributed by atoms with E-state index in [0.717, 1.165) is 0 Å². The first-order valence-electron chi connectivity index (χ1n) is 5.18. The number of hydrogen-bond donors (Lipinski definition) is 0. The van der Waals surface area contributed by atoms with Crippen LogP contribution in [0.4, 0.5) is 0 Å². The Morgan fingerprint density at radius 2 is 2.00 bits per heavy atom. The Bertz CT molecular complexity index is 572. The summed E-state index contributed by atoms with van der Waals surface area (Å²) in [6, 6.07) is 8.43. The smallest absolute Gasteiger partial charge is 0.201 e. The highest BCUT2D eigenvalue weighted by atomic mass is 35.5. The molecular weight excluding hydrogens is 273 g/mol. The normalized spacial score (nSPS) is 10.1. The van der Waals surface area contributed by atoms with E-state index in [1.165, 1.54) is 12.4 Å². The summed E-state index contributed by atoms with van der Waals surface area (Å²) in [5.41, 5.74) is 0.439. The molecule has 0 atom stereocenters. The topological polar surface area (TPSA) is 39.2 Å². The van der Waals surface area contributed by atoms with Gasteiger partial charge < -0.3 is 4.74 Å². The molecule has 0 bridgehead atoms. The van der Waals surface area contributed by atoms with Gasteiger partial charge in [0.25, 0.3) is 0 Å². The van der Waals surface area contributed by atoms with Gasteiger partial charge in [-0.2, -0.15) is 0 Å². The molecule has 0 saturated heterocycles. The van der Waals surface area contributed by atoms with Gasteiger partial charge in [0.1, 0.15) is 5.75 Å². The molecule has 18 heavy (non-hydrogen) atoms. The van der Waals surface area contributed by atoms with E-state index in [0.29, 0.717) is 21.4 Å². The lowest BCUT2D eigenvalue weighted by atomic mass is 10.1. The highest BCUT2D eigenvalue weighted by Crippen LogP contribution is 2.18. The number of hydrogen-bond acceptors (Lipinski definition) is 3. The predicted molar refractivity (Wildman–Crippen MR) is 70.5 cm³/mol. The molecule has 92 valence electrons. The molecule has 0 aliphatic rings. The second-order valence-electron chi connectivity index (χ2n) is 3.53. The van der Waals surface area contributed by atoms with Crippen molar-refractivity contribution in [3.05, 3.63) is 58.3 Å². The number of pyridine rings is 1. The van der Waals surface area contributed by atoms with E-state index >= 15 is 0 Å². The Labute approximate surface area is 114 Å². The molecule has 1 aromatic carbocycles. The third kappa shape index (κ3) is 3.22. The lowest BCUT2D eigenvalue weighted by Crippen LogP contribution is -2.12. The molecule has 5 heteroatoms. The molecule has 0 spiro atoms. The number of benzene rings is 1. The van der Waals surface area contributed by atoms with Crippen molar-refractivity contribution in [3.63, 3.8) is 0 Å². The van der Waals surface area contributed by atoms with Gasteiger partial charge in [-0.3, -0.25) is 9.78 Å². The van der Waals surface area contributed by atoms with Gasteiger partial charge in [-0.05, 0) is 12.1 Å². The zero-order chi connectivity index (χ0) is 13.0. The third-order valence-electron chi connectivity index (χ3n) is 2.22. The van der Waals surface area contributed by atoms with Crippen LogP contribution in [0.5, 0.6) is 5.75 Å². The second kappa shape index (κ2) is 5.85. The van der Waals surface area contributed by atoms with Crippen LogP contribution in [0.1, 0.15) is 10.4 Å². The number of Topliss-reactive ketones (excluding diaryl/α,β-unsaturated/α-hetero) is 1. The van der Waals surface area contributed by atoms with Crippen molar-refractivity contribution in [2.45, 2.75) is 0 Å². The molecular formula is C13H9Cl2NO2. The predicted octanol–water partition coefficient (Wildman–Crippen LogP) is 3.65. The molecule has 0 unspecified atom stereocenters. The molecule has 0 N–H and O–H groups in total. The van der Waals surface area contributed by atoms with Crippen LogP contribution in [0.25, 0.3) is 0 Å². The van der Waals surface area contributed by atoms with Gasteiger partial charge in [0.15, 0.2) is 6.61 Å². The van der Waals surface area contributed by atoms with E-state index in [2.05, 4.69) is 4.98 Å². The van der Waals surface area contributed by atoms with Crippen molar-refractivity contribution in [2.24, 2.45) is 0 Å². The number of ketones is 1. The summed E-state index contributed by atoms with van der Waals surface area (Å²) in [7, 11) is 0. The van der Waals surface area contributed by atoms with Crippen molar-refractivity contribution in [2.75, 3.05) is 6.61 Å². The quantitative estimate of drug-likeness (QED) is 0.803. The Morgan fingerprint density at radius 1 is 1.22 bits per heavy atom. The average Bonchev–Trinajstić information content (AvgIpc) is 2.37. The fourth-order valence-corrected chi connectivity index (χ4v) is 1.79. The summed E-state index contributed by atoms with van der Waals surface area (Å²) in [4.78, 5) is 15.7. The van der Waals surface area contributed by atoms with Crippen molar-refractivity contribution in [1.29, 1.82) is 0 Å². The van der Waals surface area contributed by atoms with Crippen molar-refractivity contribution in [1.82, 2.24) is 4.98 Å². The van der Waals surface area contributed by atoms with Gasteiger partial charge in [0.2, 0.25) is 5.78 Å². The first-order valence-corrected chi connectivity index (χ1v) is 5.93. The molecule has 3 nitrogen and oxygen atoms in total. The number of rotatable bonds is 4. The van der Waals surface area contributed by atoms with Crippen LogP contribution in [0.2, 0.25) is 10.0 Å². The zero-order valence-corrected chi connectivity index (χ0v) is 10.8. The monoisotopic (exact) mass is 281 g/mol. The summed E-state index contributed by atoms with van der Waals surface area (Å²) in [6.45, 7) is -0.105. The zero-order valence-electron chi connectivity index (χ0n) is 9.27. The molecule has 2 aromatic rings. The third-order valence-corrected chi connectivity index (χ3v) is 2.76. The fraction of sp³-hybridized carbons (Fsp3) is 0.0769. The van der Waals surface area contributed by atoms with Crippen molar-refractivity contribution >= 4 is 29.0 Å². The van der Waals surface area contributed by atoms with Crippen LogP contribution in [-0.4, -0.2) is 17.4 Å². The summed E-state index contributed by atoms with van der Waals surface area (Å²) in [5, 5.41) is 0.869. The SMILES string of the molecule is O=C(COc1cncc(Cl)c1)c1ccccc1Cl. The summed E-state index contributed by atoms with van der Waals surface area (Å²) in [5.74, 6) is 0.253. The molecule has 2 rings (SSSR count). The highest BCUT2D eigenvalue weighted by Gasteiger charge is 2.10. The Balaban J connectivity index is 2.03. The van der Waals surface area contributed by atoms with Crippen LogP contribution in [0.15, 0.2) is 42.7 Å². The molecule has 0 amide bonds. The van der Waals surface area contributed by atoms with Gasteiger partial charge in [-0.25, -0.2) is 0 Å². The minimum atomic E-state index is -0.194. The summed E-state index contributed by atoms with van der Waals surface area (Å²) in [6.07, 6.45) is 2.98. The number of carbonyl (C=O) groups is 1. The van der Waals surface area contributed by atoms with E-state index in [-0.39, 0.29) is 12.4 Å². The van der Waals surface area contributed by atoms with Gasteiger partial charge in [-0.1, -0.05) is 35.3 Å². The molecule has 1 heterocycles. The van der Waals surface area contributed by atoms with Gasteiger partial charge >= 0.3 is 0 Å². The van der Waals surface area contributed by atoms with Crippen LogP contribution in [0, 0.1) is 0 Å². The molecule has 0 aliphatic carbocycles. The van der Waals surface area contributed by atoms with Crippen LogP contribution < -0.4 is 4.74 Å². The van der Waals surface area contributed by atoms with Crippen LogP contribution in [0.3, 0.4) is 0 Å². The fourth-order valence-electron chi connectivity index (χ4n) is 1.39. The molecule has 0 radical (unpaired) electrons. The van der Waals surface area contributed by atoms with Gasteiger partial charge in [0.05, 0.1) is 16.2 Å². The largest absolute Gasteiger partial charge is 0.484 e. The maximum Gasteiger partial charge on any atom is 0.201 e. The summed E-state index contributed by atoms with van der Waals surface area (Å²) < 4.78 is 5.30. The van der Waals surface area contributed by atoms with Crippen molar-refractivity contribution in [3.8, 4) is 5.75 Å². The number of halogens is 2. The standard InChI is InChI=1S/C13H9Cl2NO2/c14-9-5-10(7-16-6-9)18-8-13(17)11-3-1-2-4-12(11)15/h1-7H,8H2. The van der Waals surface area contributed by atoms with Gasteiger partial charge in [-0.15, -0.1) is 0 Å². The number of ether oxygens (including phenoxy) is 1. The molecule has 0 fully saturated rings. The number of nitrogens with zero attached hydrogens (tertiary/aromatic N) is 1. The first-order chi connectivity index (χ1) is 8.66. The lowest BCUT2D eigenvalue weighted by Gasteiger charge is -2.06. The number of aromatic nitrogens is 1. The minimum absolute atomic E-state index is 0.105. The summed E-state index contributed by atoms with van der Waals surface area (Å²) >= 11 is 11.7. The Morgan fingerprint density at radius 3 is 2.72 bits per heavy atom. The lowest BCUT2D eigenvalue weighted by molar-refractivity contribution is 0.0921. The Hall–Kier alpha value is -1.58. The van der Waals surface area contributed by atoms with Crippen LogP contribution >= 0.6 is 23.2 Å². The van der Waals surface area contributed by atoms with Crippen LogP contribution in [-0.2, 0) is 0 Å². The van der Waals surface area contributed by atoms with E-state index in [9.17, 15) is 4.79 Å². The van der Waals surface area contributed by atoms with E-state index < -0.39 is 0 Å². The molecule has 0 aliphatic heterocycles. The minimum Gasteiger partial charge on any atom is -0.484 e. The van der Waals surface area contributed by atoms with E-state index in [4.69, 9.17) is 27.9 Å². The second-order valence-corrected chi connectivity index (χ2v) is 4.37. The maximum absolute atomic E-state index is 11.9. The number of carbonyl (C=O) groups excluding carboxylic acids is 1.